The minimum Gasteiger partial charge on any atom is -0.748 e. The normalized spacial score (nSPS) is 11.1. The molecule has 0 rings (SSSR count). The molecule has 9 heavy (non-hydrogen) atoms. The van der Waals surface area contributed by atoms with Gasteiger partial charge in [-0.1, -0.05) is 0 Å². The summed E-state index contributed by atoms with van der Waals surface area (Å²) in [6, 6.07) is 0. The molecule has 7 heteroatoms. The minimum atomic E-state index is -4.13. The monoisotopic (exact) mass is 196 g/mol. The van der Waals surface area contributed by atoms with Crippen molar-refractivity contribution in [2.45, 2.75) is 4.58 Å². The molecule has 0 amide bonds. The van der Waals surface area contributed by atoms with Gasteiger partial charge in [0.2, 0.25) is 0 Å². The zero-order valence-corrected chi connectivity index (χ0v) is 9.42. The molecule has 0 radical (unpaired) electrons. The third-order valence-electron chi connectivity index (χ3n) is 0.353. The first-order valence-corrected chi connectivity index (χ1v) is 4.32. The quantitative estimate of drug-likeness (QED) is 0.211. The van der Waals surface area contributed by atoms with Crippen molar-refractivity contribution in [1.82, 2.24) is 0 Å². The molecule has 0 saturated carbocycles. The van der Waals surface area contributed by atoms with Gasteiger partial charge in [-0.3, -0.25) is 0 Å². The van der Waals surface area contributed by atoms with E-state index in [1.54, 1.807) is 0 Å². The molecule has 0 aromatic carbocycles. The molecule has 0 spiro atoms. The average Bonchev–Trinajstić information content (AvgIpc) is 1.21. The summed E-state index contributed by atoms with van der Waals surface area (Å²) in [5, 5.41) is 0. The Balaban J connectivity index is 0. The maximum absolute atomic E-state index is 9.79. The Morgan fingerprint density at radius 1 is 1.44 bits per heavy atom. The Bertz CT molecular complexity index is 150. The molecular formula is C2H5NaO3S3. The van der Waals surface area contributed by atoms with Crippen LogP contribution in [-0.4, -0.2) is 23.3 Å². The number of hydrogen-bond donors (Lipinski definition) is 2. The average molecular weight is 196 g/mol. The van der Waals surface area contributed by atoms with Crippen LogP contribution in [0.4, 0.5) is 0 Å². The van der Waals surface area contributed by atoms with Crippen LogP contribution in [0.1, 0.15) is 0 Å². The SMILES string of the molecule is O=S(=O)([O-])CC(S)S.[Na+]. The zero-order chi connectivity index (χ0) is 6.78. The van der Waals surface area contributed by atoms with Gasteiger partial charge in [-0.25, -0.2) is 8.42 Å². The largest absolute Gasteiger partial charge is 1.00 e. The van der Waals surface area contributed by atoms with Crippen LogP contribution >= 0.6 is 25.3 Å². The molecule has 0 aliphatic rings. The van der Waals surface area contributed by atoms with E-state index in [-0.39, 0.29) is 29.6 Å². The summed E-state index contributed by atoms with van der Waals surface area (Å²) in [4.78, 5) is 0. The van der Waals surface area contributed by atoms with Crippen LogP contribution < -0.4 is 29.6 Å². The van der Waals surface area contributed by atoms with Gasteiger partial charge in [0.15, 0.2) is 0 Å². The molecule has 50 valence electrons. The molecule has 0 heterocycles. The van der Waals surface area contributed by atoms with E-state index in [9.17, 15) is 13.0 Å². The third-order valence-corrected chi connectivity index (χ3v) is 1.95. The summed E-state index contributed by atoms with van der Waals surface area (Å²) in [5.74, 6) is -0.529. The molecule has 0 atom stereocenters. The summed E-state index contributed by atoms with van der Waals surface area (Å²) in [7, 11) is -4.13. The van der Waals surface area contributed by atoms with E-state index in [4.69, 9.17) is 0 Å². The van der Waals surface area contributed by atoms with E-state index < -0.39 is 20.5 Å². The topological polar surface area (TPSA) is 57.2 Å². The molecule has 0 aliphatic heterocycles. The second-order valence-corrected chi connectivity index (χ2v) is 4.31. The molecule has 0 N–H and O–H groups in total. The van der Waals surface area contributed by atoms with Crippen molar-refractivity contribution in [1.29, 1.82) is 0 Å². The molecule has 0 aromatic heterocycles. The van der Waals surface area contributed by atoms with Crippen molar-refractivity contribution >= 4 is 35.4 Å². The maximum Gasteiger partial charge on any atom is 1.00 e. The van der Waals surface area contributed by atoms with Gasteiger partial charge >= 0.3 is 29.6 Å². The smallest absolute Gasteiger partial charge is 0.748 e. The van der Waals surface area contributed by atoms with Gasteiger partial charge in [0, 0.05) is 0 Å². The summed E-state index contributed by atoms with van der Waals surface area (Å²) in [6.45, 7) is 0. The molecule has 0 bridgehead atoms. The number of rotatable bonds is 2. The summed E-state index contributed by atoms with van der Waals surface area (Å²) in [6.07, 6.45) is 0. The Labute approximate surface area is 87.5 Å². The molecule has 0 unspecified atom stereocenters. The number of hydrogen-bond acceptors (Lipinski definition) is 5. The first kappa shape index (κ1) is 13.2. The van der Waals surface area contributed by atoms with Crippen molar-refractivity contribution in [2.24, 2.45) is 0 Å². The van der Waals surface area contributed by atoms with E-state index in [0.717, 1.165) is 0 Å². The summed E-state index contributed by atoms with van der Waals surface area (Å²) >= 11 is 7.15. The molecule has 0 fully saturated rings. The Hall–Kier alpha value is 1.61. The second-order valence-electron chi connectivity index (χ2n) is 1.20. The number of thiol groups is 2. The molecule has 0 saturated heterocycles. The zero-order valence-electron chi connectivity index (χ0n) is 4.81. The van der Waals surface area contributed by atoms with Gasteiger partial charge in [-0.2, -0.15) is 25.3 Å². The standard InChI is InChI=1S/C2H6O3S3.Na/c3-8(4,5)1-2(6)7;/h2,6-7H,1H2,(H,3,4,5);/q;+1/p-1. The van der Waals surface area contributed by atoms with Crippen LogP contribution in [-0.2, 0) is 10.1 Å². The van der Waals surface area contributed by atoms with Gasteiger partial charge < -0.3 is 4.55 Å². The summed E-state index contributed by atoms with van der Waals surface area (Å²) < 4.78 is 28.7. The third kappa shape index (κ3) is 12.7. The first-order valence-electron chi connectivity index (χ1n) is 1.71. The van der Waals surface area contributed by atoms with E-state index in [1.165, 1.54) is 0 Å². The van der Waals surface area contributed by atoms with Crippen LogP contribution in [0, 0.1) is 0 Å². The van der Waals surface area contributed by atoms with Gasteiger partial charge in [-0.15, -0.1) is 0 Å². The van der Waals surface area contributed by atoms with Crippen LogP contribution in [0.3, 0.4) is 0 Å². The maximum atomic E-state index is 9.79. The second kappa shape index (κ2) is 5.29. The van der Waals surface area contributed by atoms with Crippen molar-refractivity contribution < 1.29 is 42.5 Å². The van der Waals surface area contributed by atoms with E-state index in [0.29, 0.717) is 0 Å². The van der Waals surface area contributed by atoms with Crippen LogP contribution in [0.15, 0.2) is 0 Å². The van der Waals surface area contributed by atoms with E-state index >= 15 is 0 Å². The molecule has 3 nitrogen and oxygen atoms in total. The molecular weight excluding hydrogens is 191 g/mol. The van der Waals surface area contributed by atoms with Gasteiger partial charge in [0.05, 0.1) is 20.5 Å². The van der Waals surface area contributed by atoms with Gasteiger partial charge in [0.25, 0.3) is 0 Å². The first-order chi connectivity index (χ1) is 3.42. The van der Waals surface area contributed by atoms with E-state index in [2.05, 4.69) is 25.3 Å². The molecule has 0 aliphatic carbocycles. The minimum absolute atomic E-state index is 0. The fourth-order valence-corrected chi connectivity index (χ4v) is 1.64. The predicted molar refractivity (Wildman–Crippen MR) is 36.3 cm³/mol. The van der Waals surface area contributed by atoms with Crippen molar-refractivity contribution in [3.63, 3.8) is 0 Å². The predicted octanol–water partition coefficient (Wildman–Crippen LogP) is -3.28. The van der Waals surface area contributed by atoms with Crippen molar-refractivity contribution in [3.8, 4) is 0 Å². The Morgan fingerprint density at radius 3 is 1.78 bits per heavy atom. The molecule has 0 aromatic rings. The van der Waals surface area contributed by atoms with Crippen molar-refractivity contribution in [3.05, 3.63) is 0 Å². The fourth-order valence-electron chi connectivity index (χ4n) is 0.183. The fraction of sp³-hybridized carbons (Fsp3) is 1.00. The van der Waals surface area contributed by atoms with Crippen LogP contribution in [0.2, 0.25) is 0 Å². The Morgan fingerprint density at radius 2 is 1.78 bits per heavy atom. The van der Waals surface area contributed by atoms with E-state index in [1.807, 2.05) is 0 Å². The van der Waals surface area contributed by atoms with Crippen LogP contribution in [0.5, 0.6) is 0 Å². The van der Waals surface area contributed by atoms with Crippen LogP contribution in [0.25, 0.3) is 0 Å². The Kier molecular flexibility index (Phi) is 7.76. The van der Waals surface area contributed by atoms with Gasteiger partial charge in [0.1, 0.15) is 0 Å². The summed E-state index contributed by atoms with van der Waals surface area (Å²) in [5.41, 5.74) is 0. The van der Waals surface area contributed by atoms with Crippen molar-refractivity contribution in [2.75, 3.05) is 5.75 Å². The van der Waals surface area contributed by atoms with Gasteiger partial charge in [-0.05, 0) is 0 Å².